The number of hydrogen-bond acceptors (Lipinski definition) is 8. The number of fused-ring (bicyclic) bond motifs is 1. The molecule has 1 saturated heterocycles. The molecule has 1 aliphatic rings. The fourth-order valence-electron chi connectivity index (χ4n) is 2.88. The average Bonchev–Trinajstić information content (AvgIpc) is 3.06. The molecule has 0 amide bonds. The normalized spacial score (nSPS) is 32.4. The zero-order chi connectivity index (χ0) is 18.6. The summed E-state index contributed by atoms with van der Waals surface area (Å²) in [6.07, 6.45) is -2.58. The maximum Gasteiger partial charge on any atom is 0.263 e. The van der Waals surface area contributed by atoms with Crippen LogP contribution in [0.4, 0.5) is 20.5 Å². The van der Waals surface area contributed by atoms with E-state index < -0.39 is 30.5 Å². The van der Waals surface area contributed by atoms with Gasteiger partial charge in [-0.25, -0.2) is 13.8 Å². The van der Waals surface area contributed by atoms with Crippen molar-refractivity contribution in [2.24, 2.45) is 0 Å². The van der Waals surface area contributed by atoms with Gasteiger partial charge in [0.15, 0.2) is 35.0 Å². The lowest BCUT2D eigenvalue weighted by Gasteiger charge is -2.24. The number of nitrogen functional groups attached to an aromatic ring is 1. The van der Waals surface area contributed by atoms with Gasteiger partial charge in [0, 0.05) is 13.6 Å². The van der Waals surface area contributed by atoms with Gasteiger partial charge in [-0.05, 0) is 13.8 Å². The van der Waals surface area contributed by atoms with Gasteiger partial charge in [0.2, 0.25) is 5.95 Å². The third-order valence-corrected chi connectivity index (χ3v) is 4.46. The van der Waals surface area contributed by atoms with Crippen molar-refractivity contribution in [1.29, 1.82) is 0 Å². The van der Waals surface area contributed by atoms with Crippen molar-refractivity contribution in [3.05, 3.63) is 6.33 Å². The summed E-state index contributed by atoms with van der Waals surface area (Å²) in [7, 11) is 1.77. The van der Waals surface area contributed by atoms with Crippen LogP contribution in [0, 0.1) is 0 Å². The van der Waals surface area contributed by atoms with Crippen molar-refractivity contribution in [1.82, 2.24) is 19.5 Å². The minimum atomic E-state index is -2.94. The van der Waals surface area contributed by atoms with Crippen LogP contribution in [-0.2, 0) is 4.74 Å². The number of aromatic nitrogens is 4. The third-order valence-electron chi connectivity index (χ3n) is 4.46. The zero-order valence-corrected chi connectivity index (χ0v) is 14.0. The standard InChI is InChI=1S/C14H20F2N6O3/c1-4-21(3)8-7-9(20-12(17)19-8)22(6-18-7)11-13(2,15)10(24)14(16,5-23)25-11/h6,10-11,23-24H,4-5H2,1-3H3,(H2,17,19,20)/t10-,11+,13+,14+/m0/s1. The van der Waals surface area contributed by atoms with Crippen LogP contribution >= 0.6 is 0 Å². The Labute approximate surface area is 142 Å². The Morgan fingerprint density at radius 2 is 2.12 bits per heavy atom. The predicted molar refractivity (Wildman–Crippen MR) is 85.2 cm³/mol. The summed E-state index contributed by atoms with van der Waals surface area (Å²) in [5.41, 5.74) is 3.65. The Bertz CT molecular complexity index is 800. The summed E-state index contributed by atoms with van der Waals surface area (Å²) in [6.45, 7) is 2.29. The number of anilines is 2. The largest absolute Gasteiger partial charge is 0.390 e. The maximum atomic E-state index is 15.0. The van der Waals surface area contributed by atoms with E-state index in [9.17, 15) is 9.50 Å². The van der Waals surface area contributed by atoms with Crippen molar-refractivity contribution in [3.63, 3.8) is 0 Å². The van der Waals surface area contributed by atoms with E-state index >= 15 is 4.39 Å². The molecule has 4 atom stereocenters. The molecule has 138 valence electrons. The molecule has 0 aliphatic carbocycles. The molecule has 9 nitrogen and oxygen atoms in total. The van der Waals surface area contributed by atoms with Crippen LogP contribution in [0.25, 0.3) is 11.2 Å². The number of imidazole rings is 1. The first-order valence-electron chi connectivity index (χ1n) is 7.71. The molecule has 25 heavy (non-hydrogen) atoms. The smallest absolute Gasteiger partial charge is 0.263 e. The first-order chi connectivity index (χ1) is 11.7. The molecule has 0 aromatic carbocycles. The van der Waals surface area contributed by atoms with E-state index in [0.717, 1.165) is 11.5 Å². The molecular formula is C14H20F2N6O3. The van der Waals surface area contributed by atoms with E-state index in [1.807, 2.05) is 6.92 Å². The highest BCUT2D eigenvalue weighted by Crippen LogP contribution is 2.48. The van der Waals surface area contributed by atoms with Crippen LogP contribution in [0.1, 0.15) is 20.1 Å². The second-order valence-corrected chi connectivity index (χ2v) is 6.21. The second kappa shape index (κ2) is 5.71. The van der Waals surface area contributed by atoms with Gasteiger partial charge in [0.05, 0.1) is 6.33 Å². The molecule has 0 saturated carbocycles. The molecule has 11 heteroatoms. The summed E-state index contributed by atoms with van der Waals surface area (Å²) >= 11 is 0. The molecule has 1 aliphatic heterocycles. The van der Waals surface area contributed by atoms with Gasteiger partial charge < -0.3 is 25.6 Å². The Morgan fingerprint density at radius 1 is 1.44 bits per heavy atom. The van der Waals surface area contributed by atoms with E-state index in [4.69, 9.17) is 15.6 Å². The average molecular weight is 358 g/mol. The zero-order valence-electron chi connectivity index (χ0n) is 14.0. The van der Waals surface area contributed by atoms with Gasteiger partial charge in [-0.3, -0.25) is 4.57 Å². The van der Waals surface area contributed by atoms with Crippen LogP contribution in [0.2, 0.25) is 0 Å². The van der Waals surface area contributed by atoms with Crippen molar-refractivity contribution >= 4 is 22.9 Å². The number of nitrogens with two attached hydrogens (primary N) is 1. The summed E-state index contributed by atoms with van der Waals surface area (Å²) in [5.74, 6) is -2.58. The number of aliphatic hydroxyl groups excluding tert-OH is 2. The topological polar surface area (TPSA) is 123 Å². The number of halogens is 2. The van der Waals surface area contributed by atoms with Crippen LogP contribution in [-0.4, -0.2) is 67.6 Å². The van der Waals surface area contributed by atoms with Gasteiger partial charge in [0.1, 0.15) is 6.61 Å². The lowest BCUT2D eigenvalue weighted by atomic mass is 9.97. The number of nitrogens with zero attached hydrogens (tertiary/aromatic N) is 5. The fourth-order valence-corrected chi connectivity index (χ4v) is 2.88. The molecule has 2 aromatic rings. The number of ether oxygens (including phenoxy) is 1. The van der Waals surface area contributed by atoms with Gasteiger partial charge in [0.25, 0.3) is 5.85 Å². The van der Waals surface area contributed by atoms with E-state index in [-0.39, 0.29) is 11.6 Å². The fraction of sp³-hybridized carbons (Fsp3) is 0.643. The lowest BCUT2D eigenvalue weighted by Crippen LogP contribution is -2.46. The van der Waals surface area contributed by atoms with Gasteiger partial charge in [-0.1, -0.05) is 0 Å². The first-order valence-corrected chi connectivity index (χ1v) is 7.71. The van der Waals surface area contributed by atoms with Gasteiger partial charge in [-0.2, -0.15) is 9.97 Å². The second-order valence-electron chi connectivity index (χ2n) is 6.21. The minimum Gasteiger partial charge on any atom is -0.390 e. The highest BCUT2D eigenvalue weighted by molar-refractivity contribution is 5.84. The molecule has 0 bridgehead atoms. The van der Waals surface area contributed by atoms with Crippen molar-refractivity contribution in [2.45, 2.75) is 37.7 Å². The van der Waals surface area contributed by atoms with E-state index in [0.29, 0.717) is 17.9 Å². The molecular weight excluding hydrogens is 338 g/mol. The summed E-state index contributed by atoms with van der Waals surface area (Å²) in [4.78, 5) is 14.1. The molecule has 1 fully saturated rings. The number of rotatable bonds is 4. The first kappa shape index (κ1) is 17.7. The van der Waals surface area contributed by atoms with Crippen LogP contribution < -0.4 is 10.6 Å². The molecule has 4 N–H and O–H groups in total. The van der Waals surface area contributed by atoms with Gasteiger partial charge in [-0.15, -0.1) is 0 Å². The number of alkyl halides is 2. The molecule has 2 aromatic heterocycles. The third kappa shape index (κ3) is 2.50. The lowest BCUT2D eigenvalue weighted by molar-refractivity contribution is -0.206. The summed E-state index contributed by atoms with van der Waals surface area (Å²) < 4.78 is 35.6. The molecule has 0 spiro atoms. The van der Waals surface area contributed by atoms with E-state index in [1.54, 1.807) is 11.9 Å². The van der Waals surface area contributed by atoms with Crippen molar-refractivity contribution in [3.8, 4) is 0 Å². The quantitative estimate of drug-likeness (QED) is 0.705. The Morgan fingerprint density at radius 3 is 2.68 bits per heavy atom. The van der Waals surface area contributed by atoms with Crippen molar-refractivity contribution < 1.29 is 23.7 Å². The molecule has 3 rings (SSSR count). The number of hydrogen-bond donors (Lipinski definition) is 3. The van der Waals surface area contributed by atoms with E-state index in [2.05, 4.69) is 15.0 Å². The predicted octanol–water partition coefficient (Wildman–Crippen LogP) is 0.141. The van der Waals surface area contributed by atoms with Crippen molar-refractivity contribution in [2.75, 3.05) is 30.8 Å². The summed E-state index contributed by atoms with van der Waals surface area (Å²) in [5, 5.41) is 19.1. The minimum absolute atomic E-state index is 0.0719. The monoisotopic (exact) mass is 358 g/mol. The molecule has 3 heterocycles. The summed E-state index contributed by atoms with van der Waals surface area (Å²) in [6, 6.07) is 0. The number of aliphatic hydroxyl groups is 2. The Kier molecular flexibility index (Phi) is 4.05. The highest BCUT2D eigenvalue weighted by atomic mass is 19.2. The maximum absolute atomic E-state index is 15.0. The Hall–Kier alpha value is -2.11. The van der Waals surface area contributed by atoms with Crippen LogP contribution in [0.5, 0.6) is 0 Å². The SMILES string of the molecule is CCN(C)c1nc(N)nc2c1ncn2[C@@H]1O[C@](F)(CO)[C@@H](O)[C@@]1(C)F. The van der Waals surface area contributed by atoms with Crippen LogP contribution in [0.3, 0.4) is 0 Å². The molecule has 0 unspecified atom stereocenters. The Balaban J connectivity index is 2.16. The van der Waals surface area contributed by atoms with Crippen LogP contribution in [0.15, 0.2) is 6.33 Å². The van der Waals surface area contributed by atoms with Gasteiger partial charge >= 0.3 is 0 Å². The highest BCUT2D eigenvalue weighted by Gasteiger charge is 2.64. The molecule has 0 radical (unpaired) electrons. The van der Waals surface area contributed by atoms with E-state index in [1.165, 1.54) is 6.33 Å².